The topological polar surface area (TPSA) is 85.2 Å². The van der Waals surface area contributed by atoms with Crippen molar-refractivity contribution in [3.63, 3.8) is 0 Å². The maximum atomic E-state index is 14.1. The zero-order chi connectivity index (χ0) is 29.1. The highest BCUT2D eigenvalue weighted by Gasteiger charge is 2.38. The van der Waals surface area contributed by atoms with Gasteiger partial charge in [-0.05, 0) is 42.5 Å². The highest BCUT2D eigenvalue weighted by atomic mass is 35.5. The second-order valence-corrected chi connectivity index (χ2v) is 9.08. The fourth-order valence-corrected chi connectivity index (χ4v) is 4.73. The molecule has 0 saturated carbocycles. The van der Waals surface area contributed by atoms with Gasteiger partial charge >= 0.3 is 12.8 Å². The number of carbonyl (C=O) groups excluding carboxylic acids is 2. The number of nitrogens with one attached hydrogen (secondary N) is 2. The molecule has 0 spiro atoms. The highest BCUT2D eigenvalue weighted by Crippen LogP contribution is 2.44. The van der Waals surface area contributed by atoms with Crippen molar-refractivity contribution in [3.05, 3.63) is 86.9 Å². The molecule has 0 aliphatic carbocycles. The van der Waals surface area contributed by atoms with Crippen molar-refractivity contribution in [2.45, 2.75) is 18.8 Å². The van der Waals surface area contributed by atoms with Gasteiger partial charge < -0.3 is 15.4 Å². The zero-order valence-electron chi connectivity index (χ0n) is 19.8. The summed E-state index contributed by atoms with van der Waals surface area (Å²) in [6, 6.07) is 4.38. The zero-order valence-corrected chi connectivity index (χ0v) is 20.6. The first-order chi connectivity index (χ1) is 18.7. The molecular formula is C25H14ClF7N4O3. The van der Waals surface area contributed by atoms with E-state index >= 15 is 0 Å². The van der Waals surface area contributed by atoms with Crippen LogP contribution in [0.3, 0.4) is 0 Å². The molecule has 2 N–H and O–H groups in total. The maximum absolute atomic E-state index is 14.1. The molecule has 0 saturated heterocycles. The smallest absolute Gasteiger partial charge is 0.416 e. The van der Waals surface area contributed by atoms with Crippen molar-refractivity contribution in [1.82, 2.24) is 15.1 Å². The van der Waals surface area contributed by atoms with Crippen LogP contribution in [-0.4, -0.2) is 28.2 Å². The number of aromatic nitrogens is 2. The normalized spacial score (nSPS) is 14.9. The van der Waals surface area contributed by atoms with E-state index in [1.807, 2.05) is 0 Å². The number of anilines is 1. The monoisotopic (exact) mass is 586 g/mol. The summed E-state index contributed by atoms with van der Waals surface area (Å²) in [5.74, 6) is -4.59. The summed E-state index contributed by atoms with van der Waals surface area (Å²) < 4.78 is 99.5. The molecule has 1 atom stereocenters. The van der Waals surface area contributed by atoms with E-state index in [9.17, 15) is 40.3 Å². The van der Waals surface area contributed by atoms with E-state index in [1.165, 1.54) is 13.1 Å². The molecule has 0 bridgehead atoms. The number of rotatable bonds is 5. The van der Waals surface area contributed by atoms with Crippen LogP contribution in [0.4, 0.5) is 36.4 Å². The van der Waals surface area contributed by atoms with Crippen LogP contribution in [-0.2, 0) is 13.2 Å². The number of benzene rings is 3. The minimum Gasteiger partial charge on any atom is -0.417 e. The van der Waals surface area contributed by atoms with E-state index in [2.05, 4.69) is 20.5 Å². The molecule has 3 aromatic carbocycles. The van der Waals surface area contributed by atoms with Crippen LogP contribution < -0.4 is 15.4 Å². The number of nitrogens with zero attached hydrogens (tertiary/aromatic N) is 2. The SMILES string of the molecule is Cn1nc2c3c(c(NC(=O)c4cc(F)cc(C(F)(F)F)c4)cc2c1OC(F)F)C(c1cc(F)ccc1Cl)NC3=O. The van der Waals surface area contributed by atoms with Gasteiger partial charge in [0.25, 0.3) is 11.8 Å². The molecule has 1 aromatic heterocycles. The van der Waals surface area contributed by atoms with Crippen molar-refractivity contribution >= 4 is 40.0 Å². The quantitative estimate of drug-likeness (QED) is 0.272. The lowest BCUT2D eigenvalue weighted by Crippen LogP contribution is -2.21. The van der Waals surface area contributed by atoms with Crippen molar-refractivity contribution in [2.75, 3.05) is 5.32 Å². The summed E-state index contributed by atoms with van der Waals surface area (Å²) in [5.41, 5.74) is -2.74. The third-order valence-electron chi connectivity index (χ3n) is 6.11. The molecule has 208 valence electrons. The number of alkyl halides is 5. The Morgan fingerprint density at radius 1 is 1.12 bits per heavy atom. The Balaban J connectivity index is 1.72. The van der Waals surface area contributed by atoms with E-state index in [-0.39, 0.29) is 44.4 Å². The molecule has 2 amide bonds. The van der Waals surface area contributed by atoms with Crippen molar-refractivity contribution < 1.29 is 45.1 Å². The molecule has 2 heterocycles. The summed E-state index contributed by atoms with van der Waals surface area (Å²) in [4.78, 5) is 26.2. The third-order valence-corrected chi connectivity index (χ3v) is 6.46. The van der Waals surface area contributed by atoms with Gasteiger partial charge in [0.2, 0.25) is 5.88 Å². The first-order valence-electron chi connectivity index (χ1n) is 11.2. The molecule has 0 fully saturated rings. The number of halogens is 8. The van der Waals surface area contributed by atoms with Crippen molar-refractivity contribution in [2.24, 2.45) is 7.05 Å². The number of carbonyl (C=O) groups is 2. The average Bonchev–Trinajstić information content (AvgIpc) is 3.36. The predicted octanol–water partition coefficient (Wildman–Crippen LogP) is 6.21. The van der Waals surface area contributed by atoms with Crippen molar-refractivity contribution in [1.29, 1.82) is 0 Å². The molecule has 4 aromatic rings. The number of fused-ring (bicyclic) bond motifs is 3. The average molecular weight is 587 g/mol. The number of hydrogen-bond donors (Lipinski definition) is 2. The van der Waals surface area contributed by atoms with Crippen LogP contribution in [0.15, 0.2) is 42.5 Å². The fourth-order valence-electron chi connectivity index (χ4n) is 4.50. The van der Waals surface area contributed by atoms with Crippen LogP contribution in [0, 0.1) is 11.6 Å². The Morgan fingerprint density at radius 2 is 1.85 bits per heavy atom. The Kier molecular flexibility index (Phi) is 6.60. The maximum Gasteiger partial charge on any atom is 0.416 e. The van der Waals surface area contributed by atoms with Crippen LogP contribution in [0.1, 0.15) is 43.4 Å². The minimum absolute atomic E-state index is 0.0135. The number of amides is 2. The van der Waals surface area contributed by atoms with Crippen LogP contribution in [0.2, 0.25) is 5.02 Å². The summed E-state index contributed by atoms with van der Waals surface area (Å²) in [7, 11) is 1.25. The number of hydrogen-bond acceptors (Lipinski definition) is 4. The van der Waals surface area contributed by atoms with Crippen LogP contribution in [0.5, 0.6) is 5.88 Å². The lowest BCUT2D eigenvalue weighted by Gasteiger charge is -2.18. The number of ether oxygens (including phenoxy) is 1. The molecule has 0 radical (unpaired) electrons. The minimum atomic E-state index is -4.97. The van der Waals surface area contributed by atoms with E-state index in [1.54, 1.807) is 0 Å². The first-order valence-corrected chi connectivity index (χ1v) is 11.6. The van der Waals surface area contributed by atoms with Gasteiger partial charge in [0, 0.05) is 34.4 Å². The Labute approximate surface area is 224 Å². The molecule has 40 heavy (non-hydrogen) atoms. The van der Waals surface area contributed by atoms with E-state index in [0.29, 0.717) is 12.1 Å². The summed E-state index contributed by atoms with van der Waals surface area (Å²) in [6.45, 7) is -3.30. The highest BCUT2D eigenvalue weighted by molar-refractivity contribution is 6.31. The summed E-state index contributed by atoms with van der Waals surface area (Å²) >= 11 is 6.25. The second kappa shape index (κ2) is 9.70. The summed E-state index contributed by atoms with van der Waals surface area (Å²) in [5, 5.41) is 8.83. The molecule has 1 aliphatic rings. The molecule has 15 heteroatoms. The van der Waals surface area contributed by atoms with Gasteiger partial charge in [0.05, 0.1) is 22.6 Å². The van der Waals surface area contributed by atoms with Gasteiger partial charge in [-0.15, -0.1) is 0 Å². The molecule has 5 rings (SSSR count). The van der Waals surface area contributed by atoms with E-state index < -0.39 is 59.3 Å². The van der Waals surface area contributed by atoms with Gasteiger partial charge in [-0.1, -0.05) is 11.6 Å². The Morgan fingerprint density at radius 3 is 2.52 bits per heavy atom. The third kappa shape index (κ3) is 4.78. The first kappa shape index (κ1) is 27.2. The van der Waals surface area contributed by atoms with Gasteiger partial charge in [-0.25, -0.2) is 13.5 Å². The fraction of sp³-hybridized carbons (Fsp3) is 0.160. The van der Waals surface area contributed by atoms with Gasteiger partial charge in [-0.2, -0.15) is 27.1 Å². The standard InChI is InChI=1S/C25H14ClF7N4O3/c1-37-23(40-24(29)30)14-8-16(34-21(38)9-4-10(25(31,32)33)6-12(28)5-9)17-18(20(14)36-37)22(39)35-19(17)13-7-11(27)2-3-15(13)26/h2-8,19,24H,1H3,(H,34,38)(H,35,39). The lowest BCUT2D eigenvalue weighted by molar-refractivity contribution is -0.137. The van der Waals surface area contributed by atoms with Gasteiger partial charge in [0.15, 0.2) is 0 Å². The van der Waals surface area contributed by atoms with E-state index in [4.69, 9.17) is 11.6 Å². The van der Waals surface area contributed by atoms with Crippen LogP contribution >= 0.6 is 11.6 Å². The molecule has 1 unspecified atom stereocenters. The van der Waals surface area contributed by atoms with E-state index in [0.717, 1.165) is 22.9 Å². The molecule has 1 aliphatic heterocycles. The van der Waals surface area contributed by atoms with Gasteiger partial charge in [0.1, 0.15) is 17.2 Å². The summed E-state index contributed by atoms with van der Waals surface area (Å²) in [6.07, 6.45) is -4.97. The number of aryl methyl sites for hydroxylation is 1. The van der Waals surface area contributed by atoms with Crippen molar-refractivity contribution in [3.8, 4) is 5.88 Å². The Hall–Kier alpha value is -4.33. The predicted molar refractivity (Wildman–Crippen MR) is 127 cm³/mol. The van der Waals surface area contributed by atoms with Crippen LogP contribution in [0.25, 0.3) is 10.9 Å². The largest absolute Gasteiger partial charge is 0.417 e. The molecular weight excluding hydrogens is 573 g/mol. The molecule has 7 nitrogen and oxygen atoms in total. The Bertz CT molecular complexity index is 1700. The van der Waals surface area contributed by atoms with Gasteiger partial charge in [-0.3, -0.25) is 9.59 Å². The lowest BCUT2D eigenvalue weighted by atomic mass is 9.94. The second-order valence-electron chi connectivity index (χ2n) is 8.67.